The van der Waals surface area contributed by atoms with Crippen LogP contribution in [0.4, 0.5) is 0 Å². The molecule has 0 aliphatic carbocycles. The van der Waals surface area contributed by atoms with Gasteiger partial charge in [0.1, 0.15) is 5.75 Å². The third-order valence-corrected chi connectivity index (χ3v) is 2.94. The number of aliphatic hydroxyl groups is 1. The average molecular weight is 265 g/mol. The number of phenols is 1. The molecule has 5 nitrogen and oxygen atoms in total. The summed E-state index contributed by atoms with van der Waals surface area (Å²) in [7, 11) is 0. The molecule has 104 valence electrons. The first-order valence-electron chi connectivity index (χ1n) is 6.12. The second-order valence-corrected chi connectivity index (χ2v) is 4.47. The molecule has 0 aromatic heterocycles. The number of carbonyl (C=O) groups excluding carboxylic acids is 1. The van der Waals surface area contributed by atoms with Crippen molar-refractivity contribution in [2.75, 3.05) is 0 Å². The van der Waals surface area contributed by atoms with Gasteiger partial charge < -0.3 is 10.2 Å². The van der Waals surface area contributed by atoms with Gasteiger partial charge in [-0.1, -0.05) is 25.1 Å². The van der Waals surface area contributed by atoms with E-state index in [0.717, 1.165) is 5.56 Å². The fourth-order valence-corrected chi connectivity index (χ4v) is 1.74. The van der Waals surface area contributed by atoms with Gasteiger partial charge in [-0.05, 0) is 36.5 Å². The minimum atomic E-state index is -0.610. The molecule has 0 heterocycles. The lowest BCUT2D eigenvalue weighted by Crippen LogP contribution is -2.15. The van der Waals surface area contributed by atoms with Crippen LogP contribution in [-0.4, -0.2) is 21.3 Å². The monoisotopic (exact) mass is 265 g/mol. The van der Waals surface area contributed by atoms with E-state index in [2.05, 4.69) is 0 Å². The Balaban J connectivity index is 2.44. The van der Waals surface area contributed by atoms with E-state index in [9.17, 15) is 15.0 Å². The first kappa shape index (κ1) is 15.2. The zero-order valence-corrected chi connectivity index (χ0v) is 10.8. The van der Waals surface area contributed by atoms with E-state index in [-0.39, 0.29) is 11.7 Å². The molecular weight excluding hydrogens is 246 g/mol. The third kappa shape index (κ3) is 5.11. The summed E-state index contributed by atoms with van der Waals surface area (Å²) in [6, 6.07) is 6.45. The van der Waals surface area contributed by atoms with Crippen molar-refractivity contribution in [1.29, 1.82) is 0 Å². The van der Waals surface area contributed by atoms with E-state index < -0.39 is 12.0 Å². The van der Waals surface area contributed by atoms with Crippen LogP contribution in [-0.2, 0) is 4.79 Å². The zero-order chi connectivity index (χ0) is 14.3. The topological polar surface area (TPSA) is 89.8 Å². The van der Waals surface area contributed by atoms with E-state index in [0.29, 0.717) is 12.8 Å². The van der Waals surface area contributed by atoms with Gasteiger partial charge in [0.15, 0.2) is 0 Å². The van der Waals surface area contributed by atoms with Gasteiger partial charge in [0.05, 0.1) is 6.10 Å². The van der Waals surface area contributed by atoms with Gasteiger partial charge in [-0.25, -0.2) is 5.48 Å². The normalized spacial score (nSPS) is 14.3. The van der Waals surface area contributed by atoms with Crippen LogP contribution in [0.3, 0.4) is 0 Å². The van der Waals surface area contributed by atoms with Crippen molar-refractivity contribution >= 4 is 5.91 Å². The molecule has 2 atom stereocenters. The Morgan fingerprint density at radius 1 is 1.37 bits per heavy atom. The van der Waals surface area contributed by atoms with Crippen molar-refractivity contribution in [2.45, 2.75) is 25.9 Å². The molecule has 0 aliphatic heterocycles. The molecule has 0 unspecified atom stereocenters. The maximum Gasteiger partial charge on any atom is 0.267 e. The van der Waals surface area contributed by atoms with Crippen LogP contribution >= 0.6 is 0 Å². The molecule has 0 bridgehead atoms. The first-order chi connectivity index (χ1) is 9.04. The molecule has 0 radical (unpaired) electrons. The number of rotatable bonds is 6. The zero-order valence-electron chi connectivity index (χ0n) is 10.8. The van der Waals surface area contributed by atoms with E-state index in [1.807, 2.05) is 6.92 Å². The van der Waals surface area contributed by atoms with Crippen LogP contribution in [0.5, 0.6) is 5.75 Å². The van der Waals surface area contributed by atoms with Crippen LogP contribution in [0.25, 0.3) is 0 Å². The fourth-order valence-electron chi connectivity index (χ4n) is 1.74. The largest absolute Gasteiger partial charge is 0.508 e. The number of amides is 1. The van der Waals surface area contributed by atoms with Gasteiger partial charge in [-0.15, -0.1) is 0 Å². The lowest BCUT2D eigenvalue weighted by atomic mass is 9.93. The minimum absolute atomic E-state index is 0.0198. The van der Waals surface area contributed by atoms with Crippen LogP contribution in [0.15, 0.2) is 36.4 Å². The molecule has 0 saturated carbocycles. The molecule has 4 N–H and O–H groups in total. The van der Waals surface area contributed by atoms with Crippen LogP contribution in [0.1, 0.15) is 31.4 Å². The van der Waals surface area contributed by atoms with Gasteiger partial charge in [0, 0.05) is 6.08 Å². The minimum Gasteiger partial charge on any atom is -0.508 e. The third-order valence-electron chi connectivity index (χ3n) is 2.94. The quantitative estimate of drug-likeness (QED) is 0.359. The van der Waals surface area contributed by atoms with Gasteiger partial charge in [-0.3, -0.25) is 10.0 Å². The Morgan fingerprint density at radius 3 is 2.58 bits per heavy atom. The summed E-state index contributed by atoms with van der Waals surface area (Å²) in [6.07, 6.45) is 3.62. The molecule has 19 heavy (non-hydrogen) atoms. The Hall–Kier alpha value is -1.85. The summed E-state index contributed by atoms with van der Waals surface area (Å²) >= 11 is 0. The van der Waals surface area contributed by atoms with Crippen molar-refractivity contribution < 1.29 is 20.2 Å². The number of nitrogens with one attached hydrogen (secondary N) is 1. The molecule has 1 rings (SSSR count). The summed E-state index contributed by atoms with van der Waals surface area (Å²) in [6.45, 7) is 1.91. The smallest absolute Gasteiger partial charge is 0.267 e. The predicted octanol–water partition coefficient (Wildman–Crippen LogP) is 1.90. The Labute approximate surface area is 112 Å². The van der Waals surface area contributed by atoms with E-state index in [1.165, 1.54) is 23.7 Å². The number of hydrogen-bond acceptors (Lipinski definition) is 4. The van der Waals surface area contributed by atoms with Gasteiger partial charge in [0.2, 0.25) is 0 Å². The molecular formula is C14H19NO4. The number of benzene rings is 1. The maximum atomic E-state index is 10.7. The van der Waals surface area contributed by atoms with E-state index in [4.69, 9.17) is 5.21 Å². The van der Waals surface area contributed by atoms with Crippen molar-refractivity contribution in [3.8, 4) is 5.75 Å². The highest BCUT2D eigenvalue weighted by Gasteiger charge is 2.15. The van der Waals surface area contributed by atoms with E-state index >= 15 is 0 Å². The molecule has 1 aromatic carbocycles. The number of hydroxylamine groups is 1. The second kappa shape index (κ2) is 7.56. The van der Waals surface area contributed by atoms with E-state index in [1.54, 1.807) is 18.2 Å². The summed E-state index contributed by atoms with van der Waals surface area (Å²) in [5, 5.41) is 27.6. The lowest BCUT2D eigenvalue weighted by Gasteiger charge is -2.18. The summed E-state index contributed by atoms with van der Waals surface area (Å²) < 4.78 is 0. The summed E-state index contributed by atoms with van der Waals surface area (Å²) in [4.78, 5) is 10.7. The summed E-state index contributed by atoms with van der Waals surface area (Å²) in [5.74, 6) is -0.375. The molecule has 0 saturated heterocycles. The van der Waals surface area contributed by atoms with Gasteiger partial charge in [-0.2, -0.15) is 0 Å². The molecule has 0 spiro atoms. The number of allylic oxidation sites excluding steroid dienone is 1. The Bertz CT molecular complexity index is 428. The van der Waals surface area contributed by atoms with Gasteiger partial charge >= 0.3 is 0 Å². The Morgan fingerprint density at radius 2 is 2.00 bits per heavy atom. The second-order valence-electron chi connectivity index (χ2n) is 4.47. The highest BCUT2D eigenvalue weighted by molar-refractivity contribution is 5.86. The summed E-state index contributed by atoms with van der Waals surface area (Å²) in [5.41, 5.74) is 2.26. The van der Waals surface area contributed by atoms with Crippen molar-refractivity contribution in [1.82, 2.24) is 5.48 Å². The lowest BCUT2D eigenvalue weighted by molar-refractivity contribution is -0.124. The predicted molar refractivity (Wildman–Crippen MR) is 70.5 cm³/mol. The van der Waals surface area contributed by atoms with Gasteiger partial charge in [0.25, 0.3) is 5.91 Å². The number of carbonyl (C=O) groups is 1. The molecule has 1 amide bonds. The maximum absolute atomic E-state index is 10.7. The molecule has 5 heteroatoms. The van der Waals surface area contributed by atoms with Crippen molar-refractivity contribution in [3.05, 3.63) is 42.0 Å². The number of phenolic OH excluding ortho intramolecular Hbond substituents is 1. The standard InChI is InChI=1S/C14H19NO4/c1-10(4-2-3-5-13(17)15-19)14(18)11-6-8-12(16)9-7-11/h3,5-10,14,16,18-19H,2,4H2,1H3,(H,15,17)/b5-3+/t10-,14-/m1/s1. The average Bonchev–Trinajstić information content (AvgIpc) is 2.43. The molecule has 1 aromatic rings. The Kier molecular flexibility index (Phi) is 6.05. The molecule has 0 aliphatic rings. The number of aromatic hydroxyl groups is 1. The van der Waals surface area contributed by atoms with Crippen molar-refractivity contribution in [2.24, 2.45) is 5.92 Å². The molecule has 0 fully saturated rings. The number of aliphatic hydroxyl groups excluding tert-OH is 1. The van der Waals surface area contributed by atoms with Crippen LogP contribution in [0.2, 0.25) is 0 Å². The highest BCUT2D eigenvalue weighted by Crippen LogP contribution is 2.26. The highest BCUT2D eigenvalue weighted by atomic mass is 16.5. The first-order valence-corrected chi connectivity index (χ1v) is 6.12. The van der Waals surface area contributed by atoms with Crippen LogP contribution < -0.4 is 5.48 Å². The fraction of sp³-hybridized carbons (Fsp3) is 0.357. The number of hydrogen-bond donors (Lipinski definition) is 4. The van der Waals surface area contributed by atoms with Crippen LogP contribution in [0, 0.1) is 5.92 Å². The van der Waals surface area contributed by atoms with Crippen molar-refractivity contribution in [3.63, 3.8) is 0 Å². The SMILES string of the molecule is C[C@H](CC/C=C/C(=O)NO)[C@@H](O)c1ccc(O)cc1.